The number of methoxy groups -OCH3 is 2. The molecule has 34 heavy (non-hydrogen) atoms. The van der Waals surface area contributed by atoms with Crippen molar-refractivity contribution in [3.05, 3.63) is 57.0 Å². The molecule has 0 aromatic heterocycles. The molecule has 0 aliphatic heterocycles. The summed E-state index contributed by atoms with van der Waals surface area (Å²) in [6, 6.07) is 8.73. The third-order valence-corrected chi connectivity index (χ3v) is 3.94. The largest absolute Gasteiger partial charge is 1.00 e. The summed E-state index contributed by atoms with van der Waals surface area (Å²) < 4.78 is 34.4. The standard InChI is InChI=1S/C8H7BrFNO2.C6H5BrFN.C2H3ClO2.CH2O3.2CH4.Na/c1-13-8(12)11-5-2-3-6(9)7(10)4-5;7-5-2-1-4(9)3-6(5)8;1-5-2(3)4;2-1-4-3;;;/h2-4H,1H3,(H,11,12);1-3H,9H2;1H3;1,3H;2*1H4;/q;;;;;;+1/p-1. The number of rotatable bonds is 2. The van der Waals surface area contributed by atoms with E-state index in [1.807, 2.05) is 0 Å². The van der Waals surface area contributed by atoms with Crippen LogP contribution in [0.15, 0.2) is 45.3 Å². The van der Waals surface area contributed by atoms with Crippen LogP contribution < -0.4 is 45.9 Å². The number of halogens is 5. The fourth-order valence-electron chi connectivity index (χ4n) is 1.26. The number of amides is 1. The fourth-order valence-corrected chi connectivity index (χ4v) is 1.75. The van der Waals surface area contributed by atoms with Crippen LogP contribution in [-0.2, 0) is 19.2 Å². The summed E-state index contributed by atoms with van der Waals surface area (Å²) in [6.07, 6.45) is -0.623. The predicted octanol–water partition coefficient (Wildman–Crippen LogP) is 2.64. The normalized spacial score (nSPS) is 7.76. The summed E-state index contributed by atoms with van der Waals surface area (Å²) in [4.78, 5) is 31.3. The zero-order chi connectivity index (χ0) is 24.4. The summed E-state index contributed by atoms with van der Waals surface area (Å²) >= 11 is 10.6. The Morgan fingerprint density at radius 3 is 1.74 bits per heavy atom. The van der Waals surface area contributed by atoms with E-state index in [0.717, 1.165) is 0 Å². The molecule has 0 heterocycles. The fraction of sp³-hybridized carbons (Fsp3) is 0.211. The van der Waals surface area contributed by atoms with Crippen molar-refractivity contribution in [2.75, 3.05) is 25.3 Å². The monoisotopic (exact) mass is 646 g/mol. The number of nitrogens with two attached hydrogens (primary N) is 1. The first kappa shape index (κ1) is 42.7. The van der Waals surface area contributed by atoms with Gasteiger partial charge in [0.15, 0.2) is 0 Å². The minimum absolute atomic E-state index is 0. The van der Waals surface area contributed by atoms with Gasteiger partial charge in [0.1, 0.15) is 11.6 Å². The maximum atomic E-state index is 12.9. The Morgan fingerprint density at radius 1 is 1.03 bits per heavy atom. The van der Waals surface area contributed by atoms with E-state index < -0.39 is 17.3 Å². The molecule has 0 unspecified atom stereocenters. The van der Waals surface area contributed by atoms with Crippen LogP contribution in [-0.4, -0.2) is 32.2 Å². The topological polar surface area (TPSA) is 140 Å². The molecule has 0 aliphatic carbocycles. The molecule has 1 amide bonds. The molecule has 0 atom stereocenters. The van der Waals surface area contributed by atoms with Crippen LogP contribution in [0.25, 0.3) is 0 Å². The third-order valence-electron chi connectivity index (χ3n) is 2.49. The van der Waals surface area contributed by atoms with Gasteiger partial charge < -0.3 is 25.4 Å². The number of carbonyl (C=O) groups is 3. The molecule has 2 aromatic rings. The molecule has 0 aliphatic rings. The smallest absolute Gasteiger partial charge is 0.662 e. The van der Waals surface area contributed by atoms with Gasteiger partial charge in [-0.1, -0.05) is 14.9 Å². The second-order valence-electron chi connectivity index (χ2n) is 4.55. The quantitative estimate of drug-likeness (QED) is 0.127. The number of anilines is 2. The van der Waals surface area contributed by atoms with E-state index in [2.05, 4.69) is 63.1 Å². The van der Waals surface area contributed by atoms with Crippen molar-refractivity contribution in [2.45, 2.75) is 14.9 Å². The Kier molecular flexibility index (Phi) is 32.8. The van der Waals surface area contributed by atoms with Crippen LogP contribution >= 0.6 is 43.5 Å². The third kappa shape index (κ3) is 23.7. The molecule has 0 bridgehead atoms. The van der Waals surface area contributed by atoms with E-state index in [-0.39, 0.29) is 56.7 Å². The number of nitrogens with one attached hydrogen (secondary N) is 1. The van der Waals surface area contributed by atoms with Crippen LogP contribution in [0.4, 0.5) is 29.7 Å². The minimum atomic E-state index is -0.773. The first-order chi connectivity index (χ1) is 14.5. The van der Waals surface area contributed by atoms with Gasteiger partial charge in [-0.05, 0) is 68.3 Å². The molecule has 0 saturated heterocycles. The van der Waals surface area contributed by atoms with E-state index in [4.69, 9.17) is 15.8 Å². The van der Waals surface area contributed by atoms with Crippen molar-refractivity contribution < 1.29 is 72.3 Å². The number of hydrogen-bond acceptors (Lipinski definition) is 8. The van der Waals surface area contributed by atoms with Crippen molar-refractivity contribution >= 4 is 72.8 Å². The van der Waals surface area contributed by atoms with Gasteiger partial charge in [0, 0.05) is 23.0 Å². The molecule has 0 spiro atoms. The maximum absolute atomic E-state index is 12.9. The van der Waals surface area contributed by atoms with Crippen LogP contribution in [0, 0.1) is 11.6 Å². The van der Waals surface area contributed by atoms with Gasteiger partial charge in [0.2, 0.25) is 0 Å². The van der Waals surface area contributed by atoms with E-state index in [9.17, 15) is 18.4 Å². The molecule has 0 radical (unpaired) electrons. The van der Waals surface area contributed by atoms with Gasteiger partial charge in [0.05, 0.1) is 23.2 Å². The van der Waals surface area contributed by atoms with E-state index in [0.29, 0.717) is 20.3 Å². The average Bonchev–Trinajstić information content (AvgIpc) is 2.74. The molecule has 9 nitrogen and oxygen atoms in total. The molecule has 188 valence electrons. The SMILES string of the molecule is C.C.COC(=O)Cl.COC(=O)Nc1ccc(Br)c(F)c1.Nc1ccc(Br)c(F)c1.O=CO[O-].[Na+]. The van der Waals surface area contributed by atoms with Gasteiger partial charge >= 0.3 is 41.1 Å². The van der Waals surface area contributed by atoms with Crippen molar-refractivity contribution in [2.24, 2.45) is 0 Å². The number of nitrogen functional groups attached to an aromatic ring is 1. The van der Waals surface area contributed by atoms with E-state index >= 15 is 0 Å². The Hall–Kier alpha value is -1.48. The molecule has 0 fully saturated rings. The van der Waals surface area contributed by atoms with Gasteiger partial charge in [0.25, 0.3) is 6.47 Å². The number of carbonyl (C=O) groups excluding carboxylic acids is 3. The molecule has 0 saturated carbocycles. The van der Waals surface area contributed by atoms with Crippen molar-refractivity contribution in [3.8, 4) is 0 Å². The Labute approximate surface area is 240 Å². The summed E-state index contributed by atoms with van der Waals surface area (Å²) in [5.74, 6) is -0.760. The minimum Gasteiger partial charge on any atom is -0.662 e. The summed E-state index contributed by atoms with van der Waals surface area (Å²) in [6.45, 7) is -0.181. The van der Waals surface area contributed by atoms with Crippen molar-refractivity contribution in [1.29, 1.82) is 0 Å². The Morgan fingerprint density at radius 2 is 1.44 bits per heavy atom. The van der Waals surface area contributed by atoms with Gasteiger partial charge in [-0.25, -0.2) is 18.4 Å². The van der Waals surface area contributed by atoms with Crippen molar-refractivity contribution in [3.63, 3.8) is 0 Å². The van der Waals surface area contributed by atoms with E-state index in [1.54, 1.807) is 18.2 Å². The first-order valence-electron chi connectivity index (χ1n) is 7.48. The number of hydrogen-bond donors (Lipinski definition) is 2. The van der Waals surface area contributed by atoms with Crippen LogP contribution in [0.1, 0.15) is 14.9 Å². The van der Waals surface area contributed by atoms with Gasteiger partial charge in [-0.3, -0.25) is 10.1 Å². The summed E-state index contributed by atoms with van der Waals surface area (Å²) in [5, 5.41) is 10.8. The molecule has 2 rings (SSSR count). The summed E-state index contributed by atoms with van der Waals surface area (Å²) in [7, 11) is 2.46. The molecular weight excluding hydrogens is 624 g/mol. The van der Waals surface area contributed by atoms with Crippen LogP contribution in [0.2, 0.25) is 0 Å². The second-order valence-corrected chi connectivity index (χ2v) is 6.57. The maximum Gasteiger partial charge on any atom is 1.00 e. The summed E-state index contributed by atoms with van der Waals surface area (Å²) in [5.41, 5.74) is 5.29. The molecule has 2 aromatic carbocycles. The van der Waals surface area contributed by atoms with Crippen molar-refractivity contribution in [1.82, 2.24) is 0 Å². The van der Waals surface area contributed by atoms with Gasteiger partial charge in [-0.15, -0.1) is 0 Å². The predicted molar refractivity (Wildman–Crippen MR) is 128 cm³/mol. The zero-order valence-corrected chi connectivity index (χ0v) is 22.8. The Balaban J connectivity index is -0.000000118. The second kappa shape index (κ2) is 26.1. The number of ether oxygens (including phenoxy) is 2. The van der Waals surface area contributed by atoms with E-state index in [1.165, 1.54) is 32.4 Å². The number of benzene rings is 2. The average molecular weight is 649 g/mol. The zero-order valence-electron chi connectivity index (χ0n) is 16.9. The van der Waals surface area contributed by atoms with Crippen LogP contribution in [0.3, 0.4) is 0 Å². The van der Waals surface area contributed by atoms with Gasteiger partial charge in [-0.2, -0.15) is 0 Å². The Bertz CT molecular complexity index is 856. The molecule has 3 N–H and O–H groups in total. The first-order valence-corrected chi connectivity index (χ1v) is 9.44. The van der Waals surface area contributed by atoms with Crippen LogP contribution in [0.5, 0.6) is 0 Å². The molecular formula is C19H24Br2ClF2N2NaO7. The molecule has 15 heteroatoms.